The molecule has 1 N–H and O–H groups in total. The molecule has 2 aromatic heterocycles. The van der Waals surface area contributed by atoms with Crippen molar-refractivity contribution in [1.29, 1.82) is 0 Å². The zero-order valence-electron chi connectivity index (χ0n) is 23.8. The monoisotopic (exact) mass is 663 g/mol. The summed E-state index contributed by atoms with van der Waals surface area (Å²) in [6.45, 7) is 0.0412. The number of alkyl halides is 3. The molecule has 3 heterocycles. The Hall–Kier alpha value is -5.05. The molecular formula is C32H21F8N3O4. The molecule has 0 spiro atoms. The van der Waals surface area contributed by atoms with Gasteiger partial charge in [0, 0.05) is 30.2 Å². The van der Waals surface area contributed by atoms with Crippen LogP contribution in [-0.4, -0.2) is 38.3 Å². The molecule has 5 aromatic rings. The molecule has 0 amide bonds. The van der Waals surface area contributed by atoms with Crippen LogP contribution in [0.5, 0.6) is 5.88 Å². The second kappa shape index (κ2) is 12.3. The number of fused-ring (bicyclic) bond motifs is 1. The standard InChI is InChI=1S/C32H21F8N3O4/c33-21-3-4-28(47-14-15-1-2-18(11-22(15)34)32(38,39)40)42-29(21)20-12-23(35)16(7-24(20)36)10-27-41-30-25(37)8-17(31(44)45)9-26(30)43(27)13-19-5-6-46-19/h1-4,7-9,11-12,19H,5-6,10,13-14H2,(H,44,45)/t19-/m0/s1. The highest BCUT2D eigenvalue weighted by molar-refractivity contribution is 5.92. The summed E-state index contributed by atoms with van der Waals surface area (Å²) >= 11 is 0. The number of carboxylic acids is 1. The number of benzene rings is 3. The average molecular weight is 664 g/mol. The van der Waals surface area contributed by atoms with E-state index in [9.17, 15) is 36.2 Å². The largest absolute Gasteiger partial charge is 0.478 e. The molecule has 0 radical (unpaired) electrons. The number of hydrogen-bond donors (Lipinski definition) is 1. The Labute approximate surface area is 260 Å². The molecule has 0 bridgehead atoms. The van der Waals surface area contributed by atoms with E-state index in [-0.39, 0.29) is 58.5 Å². The van der Waals surface area contributed by atoms with E-state index in [0.29, 0.717) is 31.2 Å². The van der Waals surface area contributed by atoms with Crippen molar-refractivity contribution in [3.8, 4) is 17.1 Å². The third-order valence-corrected chi connectivity index (χ3v) is 7.63. The van der Waals surface area contributed by atoms with E-state index < -0.39 is 64.7 Å². The number of aromatic carboxylic acids is 1. The maximum absolute atomic E-state index is 15.5. The molecule has 47 heavy (non-hydrogen) atoms. The summed E-state index contributed by atoms with van der Waals surface area (Å²) < 4.78 is 125. The predicted molar refractivity (Wildman–Crippen MR) is 149 cm³/mol. The first-order valence-corrected chi connectivity index (χ1v) is 13.9. The van der Waals surface area contributed by atoms with Crippen LogP contribution >= 0.6 is 0 Å². The van der Waals surface area contributed by atoms with Gasteiger partial charge in [0.05, 0.1) is 29.3 Å². The Morgan fingerprint density at radius 3 is 2.30 bits per heavy atom. The molecule has 244 valence electrons. The van der Waals surface area contributed by atoms with E-state index >= 15 is 8.78 Å². The van der Waals surface area contributed by atoms with E-state index in [2.05, 4.69) is 9.97 Å². The maximum Gasteiger partial charge on any atom is 0.416 e. The van der Waals surface area contributed by atoms with Gasteiger partial charge in [0.15, 0.2) is 5.82 Å². The second-order valence-electron chi connectivity index (χ2n) is 10.7. The lowest BCUT2D eigenvalue weighted by Crippen LogP contribution is -2.31. The number of halogens is 8. The van der Waals surface area contributed by atoms with Gasteiger partial charge in [0.25, 0.3) is 0 Å². The highest BCUT2D eigenvalue weighted by Gasteiger charge is 2.31. The van der Waals surface area contributed by atoms with Crippen LogP contribution in [0.3, 0.4) is 0 Å². The molecular weight excluding hydrogens is 642 g/mol. The zero-order chi connectivity index (χ0) is 33.6. The number of ether oxygens (including phenoxy) is 2. The van der Waals surface area contributed by atoms with Crippen LogP contribution in [0.15, 0.2) is 54.6 Å². The molecule has 3 aromatic carbocycles. The summed E-state index contributed by atoms with van der Waals surface area (Å²) in [6.07, 6.45) is -4.74. The van der Waals surface area contributed by atoms with Crippen molar-refractivity contribution < 1.29 is 54.5 Å². The third kappa shape index (κ3) is 6.48. The summed E-state index contributed by atoms with van der Waals surface area (Å²) in [6, 6.07) is 7.20. The van der Waals surface area contributed by atoms with Gasteiger partial charge in [-0.15, -0.1) is 0 Å². The minimum absolute atomic E-state index is 0.0955. The Morgan fingerprint density at radius 1 is 0.894 bits per heavy atom. The van der Waals surface area contributed by atoms with Crippen molar-refractivity contribution >= 4 is 17.0 Å². The van der Waals surface area contributed by atoms with E-state index in [0.717, 1.165) is 30.3 Å². The number of hydrogen-bond acceptors (Lipinski definition) is 5. The number of rotatable bonds is 9. The van der Waals surface area contributed by atoms with Crippen LogP contribution in [0, 0.1) is 29.1 Å². The van der Waals surface area contributed by atoms with Crippen molar-refractivity contribution in [2.75, 3.05) is 6.61 Å². The number of carbonyl (C=O) groups is 1. The molecule has 1 aliphatic rings. The molecule has 7 nitrogen and oxygen atoms in total. The normalized spacial score (nSPS) is 14.8. The lowest BCUT2D eigenvalue weighted by atomic mass is 10.0. The molecule has 0 unspecified atom stereocenters. The van der Waals surface area contributed by atoms with Crippen molar-refractivity contribution in [2.45, 2.75) is 38.3 Å². The minimum Gasteiger partial charge on any atom is -0.478 e. The average Bonchev–Trinajstić information content (AvgIpc) is 3.33. The van der Waals surface area contributed by atoms with Gasteiger partial charge in [0.1, 0.15) is 46.9 Å². The molecule has 0 aliphatic carbocycles. The lowest BCUT2D eigenvalue weighted by molar-refractivity contribution is -0.137. The number of carboxylic acid groups (broad SMARTS) is 1. The Bertz CT molecular complexity index is 2020. The van der Waals surface area contributed by atoms with Crippen LogP contribution in [0.2, 0.25) is 0 Å². The van der Waals surface area contributed by atoms with Crippen LogP contribution in [-0.2, 0) is 30.5 Å². The molecule has 15 heteroatoms. The van der Waals surface area contributed by atoms with Crippen molar-refractivity contribution in [1.82, 2.24) is 14.5 Å². The van der Waals surface area contributed by atoms with Crippen LogP contribution < -0.4 is 4.74 Å². The highest BCUT2D eigenvalue weighted by Crippen LogP contribution is 2.32. The van der Waals surface area contributed by atoms with Crippen LogP contribution in [0.25, 0.3) is 22.3 Å². The fraction of sp³-hybridized carbons (Fsp3) is 0.219. The van der Waals surface area contributed by atoms with Crippen LogP contribution in [0.4, 0.5) is 35.1 Å². The summed E-state index contributed by atoms with van der Waals surface area (Å²) in [4.78, 5) is 19.6. The minimum atomic E-state index is -4.76. The Kier molecular flexibility index (Phi) is 8.34. The quantitative estimate of drug-likeness (QED) is 0.165. The second-order valence-corrected chi connectivity index (χ2v) is 10.7. The van der Waals surface area contributed by atoms with Gasteiger partial charge >= 0.3 is 12.1 Å². The van der Waals surface area contributed by atoms with Crippen LogP contribution in [0.1, 0.15) is 39.3 Å². The van der Waals surface area contributed by atoms with Gasteiger partial charge in [-0.25, -0.2) is 36.7 Å². The van der Waals surface area contributed by atoms with Gasteiger partial charge in [0.2, 0.25) is 5.88 Å². The van der Waals surface area contributed by atoms with E-state index in [1.165, 1.54) is 10.6 Å². The van der Waals surface area contributed by atoms with Crippen molar-refractivity contribution in [3.63, 3.8) is 0 Å². The molecule has 1 fully saturated rings. The number of pyridine rings is 1. The number of nitrogens with zero attached hydrogens (tertiary/aromatic N) is 3. The molecule has 6 rings (SSSR count). The van der Waals surface area contributed by atoms with Gasteiger partial charge in [-0.1, -0.05) is 6.07 Å². The molecule has 1 saturated heterocycles. The highest BCUT2D eigenvalue weighted by atomic mass is 19.4. The van der Waals surface area contributed by atoms with Crippen molar-refractivity contribution in [3.05, 3.63) is 112 Å². The van der Waals surface area contributed by atoms with Gasteiger partial charge in [-0.3, -0.25) is 0 Å². The fourth-order valence-corrected chi connectivity index (χ4v) is 5.08. The third-order valence-electron chi connectivity index (χ3n) is 7.63. The summed E-state index contributed by atoms with van der Waals surface area (Å²) in [5.74, 6) is -6.89. The molecule has 1 atom stereocenters. The zero-order valence-corrected chi connectivity index (χ0v) is 23.8. The fourth-order valence-electron chi connectivity index (χ4n) is 5.08. The first-order chi connectivity index (χ1) is 22.3. The SMILES string of the molecule is O=C(O)c1cc(F)c2nc(Cc3cc(F)c(-c4nc(OCc5ccc(C(F)(F)F)cc5F)ccc4F)cc3F)n(C[C@@H]3CCO3)c2c1. The van der Waals surface area contributed by atoms with Gasteiger partial charge < -0.3 is 19.1 Å². The predicted octanol–water partition coefficient (Wildman–Crippen LogP) is 7.47. The Morgan fingerprint density at radius 2 is 1.64 bits per heavy atom. The summed E-state index contributed by atoms with van der Waals surface area (Å²) in [5, 5.41) is 9.39. The van der Waals surface area contributed by atoms with E-state index in [1.54, 1.807) is 0 Å². The molecule has 1 aliphatic heterocycles. The first kappa shape index (κ1) is 31.9. The topological polar surface area (TPSA) is 86.5 Å². The number of aromatic nitrogens is 3. The smallest absolute Gasteiger partial charge is 0.416 e. The Balaban J connectivity index is 1.28. The lowest BCUT2D eigenvalue weighted by Gasteiger charge is -2.27. The van der Waals surface area contributed by atoms with Gasteiger partial charge in [-0.2, -0.15) is 13.2 Å². The summed E-state index contributed by atoms with van der Waals surface area (Å²) in [5.41, 5.74) is -3.32. The molecule has 0 saturated carbocycles. The summed E-state index contributed by atoms with van der Waals surface area (Å²) in [7, 11) is 0. The maximum atomic E-state index is 15.5. The van der Waals surface area contributed by atoms with Gasteiger partial charge in [-0.05, 0) is 54.4 Å². The van der Waals surface area contributed by atoms with Crippen molar-refractivity contribution in [2.24, 2.45) is 0 Å². The van der Waals surface area contributed by atoms with E-state index in [1.807, 2.05) is 0 Å². The van der Waals surface area contributed by atoms with E-state index in [4.69, 9.17) is 9.47 Å². The number of imidazole rings is 1. The first-order valence-electron chi connectivity index (χ1n) is 13.9.